The Kier molecular flexibility index (Phi) is 3.28. The van der Waals surface area contributed by atoms with Crippen molar-refractivity contribution < 1.29 is 9.50 Å². The van der Waals surface area contributed by atoms with Gasteiger partial charge in [-0.3, -0.25) is 0 Å². The minimum absolute atomic E-state index is 0.297. The lowest BCUT2D eigenvalue weighted by Gasteiger charge is -2.08. The Morgan fingerprint density at radius 1 is 1.30 bits per heavy atom. The topological polar surface area (TPSA) is 45.2 Å². The van der Waals surface area contributed by atoms with Crippen LogP contribution in [0.25, 0.3) is 10.2 Å². The van der Waals surface area contributed by atoms with E-state index >= 15 is 0 Å². The first-order valence-corrected chi connectivity index (χ1v) is 7.02. The second kappa shape index (κ2) is 5.09. The van der Waals surface area contributed by atoms with Gasteiger partial charge in [0.15, 0.2) is 11.6 Å². The lowest BCUT2D eigenvalue weighted by Crippen LogP contribution is -2.00. The molecule has 0 aliphatic carbocycles. The highest BCUT2D eigenvalue weighted by molar-refractivity contribution is 7.18. The third-order valence-corrected chi connectivity index (χ3v) is 3.98. The van der Waals surface area contributed by atoms with Gasteiger partial charge >= 0.3 is 0 Å². The summed E-state index contributed by atoms with van der Waals surface area (Å²) in [5.74, 6) is -0.896. The summed E-state index contributed by atoms with van der Waals surface area (Å²) >= 11 is 1.63. The zero-order valence-corrected chi connectivity index (χ0v) is 11.7. The van der Waals surface area contributed by atoms with E-state index in [1.165, 1.54) is 6.07 Å². The van der Waals surface area contributed by atoms with E-state index in [0.29, 0.717) is 12.1 Å². The van der Waals surface area contributed by atoms with Crippen molar-refractivity contribution in [2.75, 3.05) is 5.32 Å². The molecule has 0 atom stereocenters. The molecule has 0 saturated carbocycles. The number of benzene rings is 2. The molecule has 102 valence electrons. The molecule has 0 spiro atoms. The van der Waals surface area contributed by atoms with E-state index < -0.39 is 5.82 Å². The van der Waals surface area contributed by atoms with Crippen LogP contribution in [-0.2, 0) is 6.54 Å². The summed E-state index contributed by atoms with van der Waals surface area (Å²) in [4.78, 5) is 4.40. The molecule has 5 heteroatoms. The Balaban J connectivity index is 1.81. The van der Waals surface area contributed by atoms with Gasteiger partial charge in [-0.25, -0.2) is 9.37 Å². The number of para-hydroxylation sites is 1. The van der Waals surface area contributed by atoms with Crippen molar-refractivity contribution in [3.05, 3.63) is 52.8 Å². The predicted molar refractivity (Wildman–Crippen MR) is 79.7 cm³/mol. The van der Waals surface area contributed by atoms with Crippen molar-refractivity contribution >= 4 is 27.2 Å². The molecule has 3 rings (SSSR count). The van der Waals surface area contributed by atoms with Crippen LogP contribution in [-0.4, -0.2) is 10.1 Å². The van der Waals surface area contributed by atoms with Gasteiger partial charge in [-0.2, -0.15) is 0 Å². The number of aromatic hydroxyl groups is 1. The van der Waals surface area contributed by atoms with Gasteiger partial charge in [0.25, 0.3) is 0 Å². The molecule has 2 aromatic carbocycles. The van der Waals surface area contributed by atoms with E-state index in [9.17, 15) is 9.50 Å². The van der Waals surface area contributed by atoms with Gasteiger partial charge in [0.05, 0.1) is 15.2 Å². The summed E-state index contributed by atoms with van der Waals surface area (Å²) in [5.41, 5.74) is 2.43. The highest BCUT2D eigenvalue weighted by atomic mass is 32.1. The molecule has 1 aromatic heterocycles. The normalized spacial score (nSPS) is 10.9. The second-order valence-electron chi connectivity index (χ2n) is 4.52. The highest BCUT2D eigenvalue weighted by Gasteiger charge is 2.06. The zero-order valence-electron chi connectivity index (χ0n) is 10.9. The first-order valence-electron chi connectivity index (χ1n) is 6.21. The average Bonchev–Trinajstić information content (AvgIpc) is 2.79. The van der Waals surface area contributed by atoms with Crippen LogP contribution in [0, 0.1) is 12.7 Å². The van der Waals surface area contributed by atoms with E-state index in [0.717, 1.165) is 20.9 Å². The number of halogens is 1. The number of phenols is 1. The van der Waals surface area contributed by atoms with Crippen LogP contribution < -0.4 is 5.32 Å². The molecule has 0 saturated heterocycles. The fourth-order valence-electron chi connectivity index (χ4n) is 2.05. The summed E-state index contributed by atoms with van der Waals surface area (Å²) in [7, 11) is 0. The van der Waals surface area contributed by atoms with E-state index in [-0.39, 0.29) is 5.75 Å². The van der Waals surface area contributed by atoms with Crippen molar-refractivity contribution in [2.45, 2.75) is 13.5 Å². The Bertz CT molecular complexity index is 770. The Labute approximate surface area is 119 Å². The zero-order chi connectivity index (χ0) is 14.1. The van der Waals surface area contributed by atoms with Crippen molar-refractivity contribution in [1.82, 2.24) is 4.98 Å². The average molecular weight is 288 g/mol. The molecule has 0 aliphatic rings. The molecule has 20 heavy (non-hydrogen) atoms. The summed E-state index contributed by atoms with van der Waals surface area (Å²) in [5, 5.41) is 13.8. The molecule has 0 amide bonds. The van der Waals surface area contributed by atoms with E-state index in [4.69, 9.17) is 0 Å². The van der Waals surface area contributed by atoms with Gasteiger partial charge in [0.2, 0.25) is 0 Å². The molecule has 0 fully saturated rings. The smallest absolute Gasteiger partial charge is 0.165 e. The van der Waals surface area contributed by atoms with Crippen LogP contribution in [0.3, 0.4) is 0 Å². The lowest BCUT2D eigenvalue weighted by molar-refractivity contribution is 0.427. The minimum Gasteiger partial charge on any atom is -0.505 e. The minimum atomic E-state index is -0.599. The Morgan fingerprint density at radius 2 is 2.15 bits per heavy atom. The number of hydrogen-bond donors (Lipinski definition) is 2. The van der Waals surface area contributed by atoms with Crippen LogP contribution in [0.15, 0.2) is 36.4 Å². The number of anilines is 1. The first-order chi connectivity index (χ1) is 9.63. The standard InChI is InChI=1S/C15H13FN2OS/c1-9-18-13-6-5-11(7-14(13)20-9)17-8-10-3-2-4-12(16)15(10)19/h2-7,17,19H,8H2,1H3. The largest absolute Gasteiger partial charge is 0.505 e. The third kappa shape index (κ3) is 2.44. The fraction of sp³-hybridized carbons (Fsp3) is 0.133. The first kappa shape index (κ1) is 12.9. The van der Waals surface area contributed by atoms with Crippen LogP contribution in [0.5, 0.6) is 5.75 Å². The number of hydrogen-bond acceptors (Lipinski definition) is 4. The van der Waals surface area contributed by atoms with E-state index in [2.05, 4.69) is 10.3 Å². The Morgan fingerprint density at radius 3 is 3.00 bits per heavy atom. The summed E-state index contributed by atoms with van der Waals surface area (Å²) in [6.45, 7) is 2.34. The van der Waals surface area contributed by atoms with Gasteiger partial charge in [0, 0.05) is 17.8 Å². The molecular weight excluding hydrogens is 275 g/mol. The molecule has 3 aromatic rings. The van der Waals surface area contributed by atoms with Crippen molar-refractivity contribution in [3.8, 4) is 5.75 Å². The van der Waals surface area contributed by atoms with Crippen LogP contribution in [0.4, 0.5) is 10.1 Å². The molecule has 0 unspecified atom stereocenters. The summed E-state index contributed by atoms with van der Waals surface area (Å²) in [6.07, 6.45) is 0. The van der Waals surface area contributed by atoms with Crippen LogP contribution in [0.1, 0.15) is 10.6 Å². The second-order valence-corrected chi connectivity index (χ2v) is 5.75. The highest BCUT2D eigenvalue weighted by Crippen LogP contribution is 2.26. The Hall–Kier alpha value is -2.14. The number of nitrogens with zero attached hydrogens (tertiary/aromatic N) is 1. The van der Waals surface area contributed by atoms with Crippen molar-refractivity contribution in [1.29, 1.82) is 0 Å². The monoisotopic (exact) mass is 288 g/mol. The van der Waals surface area contributed by atoms with Gasteiger partial charge in [0.1, 0.15) is 0 Å². The quantitative estimate of drug-likeness (QED) is 0.764. The molecule has 0 aliphatic heterocycles. The van der Waals surface area contributed by atoms with Gasteiger partial charge in [-0.05, 0) is 31.2 Å². The maximum Gasteiger partial charge on any atom is 0.165 e. The molecule has 0 bridgehead atoms. The molecule has 3 nitrogen and oxygen atoms in total. The predicted octanol–water partition coefficient (Wildman–Crippen LogP) is 4.06. The summed E-state index contributed by atoms with van der Waals surface area (Å²) in [6, 6.07) is 10.4. The maximum atomic E-state index is 13.2. The van der Waals surface area contributed by atoms with Crippen LogP contribution in [0.2, 0.25) is 0 Å². The number of fused-ring (bicyclic) bond motifs is 1. The molecule has 2 N–H and O–H groups in total. The SMILES string of the molecule is Cc1nc2ccc(NCc3cccc(F)c3O)cc2s1. The fourth-order valence-corrected chi connectivity index (χ4v) is 2.92. The van der Waals surface area contributed by atoms with Gasteiger partial charge < -0.3 is 10.4 Å². The molecule has 1 heterocycles. The molecule has 0 radical (unpaired) electrons. The van der Waals surface area contributed by atoms with E-state index in [1.54, 1.807) is 23.5 Å². The number of aryl methyl sites for hydroxylation is 1. The van der Waals surface area contributed by atoms with E-state index in [1.807, 2.05) is 25.1 Å². The maximum absolute atomic E-state index is 13.2. The molecular formula is C15H13FN2OS. The van der Waals surface area contributed by atoms with Crippen LogP contribution >= 0.6 is 11.3 Å². The number of thiazole rings is 1. The number of aromatic nitrogens is 1. The van der Waals surface area contributed by atoms with Gasteiger partial charge in [-0.1, -0.05) is 12.1 Å². The summed E-state index contributed by atoms with van der Waals surface area (Å²) < 4.78 is 14.3. The number of nitrogens with one attached hydrogen (secondary N) is 1. The van der Waals surface area contributed by atoms with Crippen molar-refractivity contribution in [2.24, 2.45) is 0 Å². The van der Waals surface area contributed by atoms with Crippen molar-refractivity contribution in [3.63, 3.8) is 0 Å². The third-order valence-electron chi connectivity index (χ3n) is 3.05. The number of phenolic OH excluding ortho intramolecular Hbond substituents is 1. The lowest BCUT2D eigenvalue weighted by atomic mass is 10.2. The number of rotatable bonds is 3. The van der Waals surface area contributed by atoms with Gasteiger partial charge in [-0.15, -0.1) is 11.3 Å².